The summed E-state index contributed by atoms with van der Waals surface area (Å²) >= 11 is 0. The first-order valence-corrected chi connectivity index (χ1v) is 10.5. The number of anilines is 1. The van der Waals surface area contributed by atoms with Crippen molar-refractivity contribution in [2.24, 2.45) is 5.92 Å². The maximum Gasteiger partial charge on any atom is 0.311 e. The normalized spacial score (nSPS) is 17.1. The first-order chi connectivity index (χ1) is 14.3. The summed E-state index contributed by atoms with van der Waals surface area (Å²) in [5, 5.41) is 0. The van der Waals surface area contributed by atoms with E-state index in [1.165, 1.54) is 0 Å². The highest BCUT2D eigenvalue weighted by molar-refractivity contribution is 6.01. The second kappa shape index (κ2) is 9.24. The lowest BCUT2D eigenvalue weighted by Gasteiger charge is -2.23. The minimum atomic E-state index is -0.561. The van der Waals surface area contributed by atoms with Crippen LogP contribution < -0.4 is 4.90 Å². The summed E-state index contributed by atoms with van der Waals surface area (Å²) in [5.41, 5.74) is 4.45. The lowest BCUT2D eigenvalue weighted by atomic mass is 9.96. The molecule has 0 N–H and O–H groups in total. The van der Waals surface area contributed by atoms with Gasteiger partial charge >= 0.3 is 5.97 Å². The summed E-state index contributed by atoms with van der Waals surface area (Å²) in [7, 11) is 0. The molecule has 0 spiro atoms. The SMILES string of the molecule is CC[C@@H](C)c1ccccc1N1C[C@H](C(=O)OCC(=O)c2ccc(C)cc2C)CC1=O. The summed E-state index contributed by atoms with van der Waals surface area (Å²) in [5.74, 6) is -1.06. The summed E-state index contributed by atoms with van der Waals surface area (Å²) < 4.78 is 5.29. The van der Waals surface area contributed by atoms with Crippen molar-refractivity contribution in [3.63, 3.8) is 0 Å². The second-order valence-electron chi connectivity index (χ2n) is 8.12. The van der Waals surface area contributed by atoms with Crippen LogP contribution in [0.4, 0.5) is 5.69 Å². The molecule has 1 aliphatic rings. The van der Waals surface area contributed by atoms with E-state index in [0.29, 0.717) is 11.5 Å². The zero-order chi connectivity index (χ0) is 21.8. The van der Waals surface area contributed by atoms with Crippen LogP contribution >= 0.6 is 0 Å². The van der Waals surface area contributed by atoms with Crippen molar-refractivity contribution >= 4 is 23.3 Å². The van der Waals surface area contributed by atoms with E-state index < -0.39 is 11.9 Å². The smallest absolute Gasteiger partial charge is 0.311 e. The van der Waals surface area contributed by atoms with Crippen LogP contribution in [0.3, 0.4) is 0 Å². The fourth-order valence-corrected chi connectivity index (χ4v) is 3.93. The maximum absolute atomic E-state index is 12.6. The predicted octanol–water partition coefficient (Wildman–Crippen LogP) is 4.60. The van der Waals surface area contributed by atoms with Crippen LogP contribution in [-0.2, 0) is 14.3 Å². The highest BCUT2D eigenvalue weighted by Gasteiger charge is 2.37. The van der Waals surface area contributed by atoms with E-state index in [9.17, 15) is 14.4 Å². The number of para-hydroxylation sites is 1. The van der Waals surface area contributed by atoms with Crippen molar-refractivity contribution in [1.29, 1.82) is 0 Å². The third kappa shape index (κ3) is 4.61. The molecule has 3 rings (SSSR count). The van der Waals surface area contributed by atoms with Gasteiger partial charge in [0.1, 0.15) is 0 Å². The molecule has 1 fully saturated rings. The van der Waals surface area contributed by atoms with Crippen molar-refractivity contribution < 1.29 is 19.1 Å². The number of carbonyl (C=O) groups excluding carboxylic acids is 3. The second-order valence-corrected chi connectivity index (χ2v) is 8.12. The number of rotatable bonds is 7. The number of hydrogen-bond acceptors (Lipinski definition) is 4. The number of Topliss-reactive ketones (excluding diaryl/α,β-unsaturated/α-hetero) is 1. The van der Waals surface area contributed by atoms with Gasteiger partial charge in [-0.15, -0.1) is 0 Å². The molecule has 30 heavy (non-hydrogen) atoms. The summed E-state index contributed by atoms with van der Waals surface area (Å²) in [6.45, 7) is 8.04. The lowest BCUT2D eigenvalue weighted by molar-refractivity contribution is -0.147. The van der Waals surface area contributed by atoms with E-state index in [0.717, 1.165) is 28.8 Å². The number of ether oxygens (including phenoxy) is 1. The average Bonchev–Trinajstić information content (AvgIpc) is 3.12. The Labute approximate surface area is 178 Å². The minimum Gasteiger partial charge on any atom is -0.457 e. The molecular weight excluding hydrogens is 378 g/mol. The number of ketones is 1. The molecule has 5 heteroatoms. The molecule has 5 nitrogen and oxygen atoms in total. The molecule has 0 unspecified atom stereocenters. The van der Waals surface area contributed by atoms with Gasteiger partial charge in [-0.25, -0.2) is 0 Å². The fraction of sp³-hybridized carbons (Fsp3) is 0.400. The van der Waals surface area contributed by atoms with Crippen molar-refractivity contribution in [2.45, 2.75) is 46.5 Å². The van der Waals surface area contributed by atoms with Crippen LogP contribution in [0.5, 0.6) is 0 Å². The van der Waals surface area contributed by atoms with Gasteiger partial charge in [0.15, 0.2) is 6.61 Å². The highest BCUT2D eigenvalue weighted by Crippen LogP contribution is 2.33. The van der Waals surface area contributed by atoms with Crippen molar-refractivity contribution in [3.8, 4) is 0 Å². The molecule has 2 aromatic carbocycles. The third-order valence-electron chi connectivity index (χ3n) is 5.86. The van der Waals surface area contributed by atoms with Gasteiger partial charge in [0.25, 0.3) is 0 Å². The van der Waals surface area contributed by atoms with Crippen LogP contribution in [0.1, 0.15) is 59.7 Å². The molecule has 0 radical (unpaired) electrons. The van der Waals surface area contributed by atoms with Gasteiger partial charge in [0.2, 0.25) is 11.7 Å². The van der Waals surface area contributed by atoms with Crippen LogP contribution in [-0.4, -0.2) is 30.8 Å². The van der Waals surface area contributed by atoms with Crippen molar-refractivity contribution in [1.82, 2.24) is 0 Å². The van der Waals surface area contributed by atoms with Crippen LogP contribution in [0, 0.1) is 19.8 Å². The van der Waals surface area contributed by atoms with Gasteiger partial charge in [0, 0.05) is 24.2 Å². The molecule has 2 atom stereocenters. The first-order valence-electron chi connectivity index (χ1n) is 10.5. The Hall–Kier alpha value is -2.95. The molecule has 1 amide bonds. The van der Waals surface area contributed by atoms with Crippen LogP contribution in [0.15, 0.2) is 42.5 Å². The fourth-order valence-electron chi connectivity index (χ4n) is 3.93. The number of aryl methyl sites for hydroxylation is 2. The molecule has 0 saturated carbocycles. The zero-order valence-electron chi connectivity index (χ0n) is 18.1. The molecule has 0 aliphatic carbocycles. The van der Waals surface area contributed by atoms with Crippen molar-refractivity contribution in [2.75, 3.05) is 18.1 Å². The molecule has 1 saturated heterocycles. The number of esters is 1. The molecule has 0 bridgehead atoms. The molecule has 0 aromatic heterocycles. The molecule has 2 aromatic rings. The highest BCUT2D eigenvalue weighted by atomic mass is 16.5. The predicted molar refractivity (Wildman–Crippen MR) is 117 cm³/mol. The number of nitrogens with zero attached hydrogens (tertiary/aromatic N) is 1. The lowest BCUT2D eigenvalue weighted by Crippen LogP contribution is -2.28. The minimum absolute atomic E-state index is 0.0894. The Kier molecular flexibility index (Phi) is 6.70. The zero-order valence-corrected chi connectivity index (χ0v) is 18.1. The van der Waals surface area contributed by atoms with E-state index in [1.807, 2.05) is 50.2 Å². The Morgan fingerprint density at radius 3 is 2.60 bits per heavy atom. The van der Waals surface area contributed by atoms with E-state index in [1.54, 1.807) is 11.0 Å². The topological polar surface area (TPSA) is 63.7 Å². The van der Waals surface area contributed by atoms with E-state index >= 15 is 0 Å². The van der Waals surface area contributed by atoms with Gasteiger partial charge < -0.3 is 9.64 Å². The van der Waals surface area contributed by atoms with E-state index in [2.05, 4.69) is 13.8 Å². The standard InChI is InChI=1S/C25H29NO4/c1-5-17(3)20-8-6-7-9-22(20)26-14-19(13-24(26)28)25(29)30-15-23(27)21-11-10-16(2)12-18(21)4/h6-12,17,19H,5,13-15H2,1-4H3/t17-,19-/m1/s1. The Morgan fingerprint density at radius 2 is 1.90 bits per heavy atom. The van der Waals surface area contributed by atoms with Gasteiger partial charge in [-0.05, 0) is 43.4 Å². The van der Waals surface area contributed by atoms with Gasteiger partial charge in [-0.2, -0.15) is 0 Å². The van der Waals surface area contributed by atoms with Crippen LogP contribution in [0.25, 0.3) is 0 Å². The van der Waals surface area contributed by atoms with Crippen LogP contribution in [0.2, 0.25) is 0 Å². The van der Waals surface area contributed by atoms with E-state index in [4.69, 9.17) is 4.74 Å². The molecule has 1 aliphatic heterocycles. The Balaban J connectivity index is 1.65. The summed E-state index contributed by atoms with van der Waals surface area (Å²) in [4.78, 5) is 39.3. The first kappa shape index (κ1) is 21.8. The van der Waals surface area contributed by atoms with Gasteiger partial charge in [-0.1, -0.05) is 55.8 Å². The molecule has 1 heterocycles. The largest absolute Gasteiger partial charge is 0.457 e. The Morgan fingerprint density at radius 1 is 1.17 bits per heavy atom. The van der Waals surface area contributed by atoms with E-state index in [-0.39, 0.29) is 31.3 Å². The van der Waals surface area contributed by atoms with Crippen molar-refractivity contribution in [3.05, 3.63) is 64.7 Å². The van der Waals surface area contributed by atoms with Gasteiger partial charge in [-0.3, -0.25) is 14.4 Å². The molecular formula is C25H29NO4. The van der Waals surface area contributed by atoms with Gasteiger partial charge in [0.05, 0.1) is 5.92 Å². The monoisotopic (exact) mass is 407 g/mol. The number of hydrogen-bond donors (Lipinski definition) is 0. The summed E-state index contributed by atoms with van der Waals surface area (Å²) in [6, 6.07) is 13.4. The molecule has 158 valence electrons. The average molecular weight is 408 g/mol. The Bertz CT molecular complexity index is 965. The maximum atomic E-state index is 12.6. The summed E-state index contributed by atoms with van der Waals surface area (Å²) in [6.07, 6.45) is 1.07. The number of carbonyl (C=O) groups is 3. The number of benzene rings is 2. The number of amides is 1. The quantitative estimate of drug-likeness (QED) is 0.497. The third-order valence-corrected chi connectivity index (χ3v) is 5.86.